The van der Waals surface area contributed by atoms with Gasteiger partial charge in [-0.3, -0.25) is 0 Å². The quantitative estimate of drug-likeness (QED) is 0.864. The van der Waals surface area contributed by atoms with E-state index in [0.29, 0.717) is 10.6 Å². The summed E-state index contributed by atoms with van der Waals surface area (Å²) >= 11 is 11.8. The summed E-state index contributed by atoms with van der Waals surface area (Å²) in [5, 5.41) is 3.01. The third-order valence-electron chi connectivity index (χ3n) is 2.82. The first-order valence-electron chi connectivity index (χ1n) is 5.90. The highest BCUT2D eigenvalue weighted by Gasteiger charge is 2.23. The molecule has 1 N–H and O–H groups in total. The van der Waals surface area contributed by atoms with Crippen molar-refractivity contribution in [2.75, 3.05) is 19.5 Å². The lowest BCUT2D eigenvalue weighted by atomic mass is 10.1. The van der Waals surface area contributed by atoms with Crippen molar-refractivity contribution in [3.63, 3.8) is 0 Å². The van der Waals surface area contributed by atoms with Crippen molar-refractivity contribution in [3.05, 3.63) is 45.8 Å². The first-order valence-corrected chi connectivity index (χ1v) is 6.66. The first kappa shape index (κ1) is 15.5. The molecule has 21 heavy (non-hydrogen) atoms. The first-order chi connectivity index (χ1) is 9.99. The van der Waals surface area contributed by atoms with Gasteiger partial charge in [0.25, 0.3) is 0 Å². The number of aromatic nitrogens is 1. The Morgan fingerprint density at radius 1 is 1.29 bits per heavy atom. The molecule has 0 spiro atoms. The highest BCUT2D eigenvalue weighted by molar-refractivity contribution is 6.36. The van der Waals surface area contributed by atoms with Crippen molar-refractivity contribution in [1.82, 2.24) is 4.98 Å². The maximum absolute atomic E-state index is 14.5. The summed E-state index contributed by atoms with van der Waals surface area (Å²) in [6.07, 6.45) is 0. The minimum Gasteiger partial charge on any atom is -0.464 e. The fourth-order valence-electron chi connectivity index (χ4n) is 1.79. The second-order valence-corrected chi connectivity index (χ2v) is 4.87. The molecule has 0 amide bonds. The molecule has 0 bridgehead atoms. The highest BCUT2D eigenvalue weighted by Crippen LogP contribution is 2.34. The predicted molar refractivity (Wildman–Crippen MR) is 80.5 cm³/mol. The molecule has 0 aliphatic rings. The number of rotatable bonds is 3. The third-order valence-corrected chi connectivity index (χ3v) is 3.44. The van der Waals surface area contributed by atoms with Gasteiger partial charge in [0.1, 0.15) is 5.69 Å². The zero-order valence-electron chi connectivity index (χ0n) is 11.2. The Hall–Kier alpha value is -1.85. The molecule has 0 radical (unpaired) electrons. The van der Waals surface area contributed by atoms with E-state index in [1.165, 1.54) is 14.2 Å². The van der Waals surface area contributed by atoms with E-state index in [9.17, 15) is 9.18 Å². The van der Waals surface area contributed by atoms with Gasteiger partial charge in [0, 0.05) is 17.6 Å². The van der Waals surface area contributed by atoms with Gasteiger partial charge in [-0.05, 0) is 12.1 Å². The lowest BCUT2D eigenvalue weighted by molar-refractivity contribution is 0.0594. The molecule has 0 saturated heterocycles. The number of methoxy groups -OCH3 is 1. The van der Waals surface area contributed by atoms with Crippen LogP contribution in [0, 0.1) is 5.82 Å². The number of carbonyl (C=O) groups is 1. The molecule has 1 aromatic heterocycles. The number of anilines is 1. The summed E-state index contributed by atoms with van der Waals surface area (Å²) in [6, 6.07) is 6.40. The summed E-state index contributed by atoms with van der Waals surface area (Å²) in [7, 11) is 2.70. The van der Waals surface area contributed by atoms with Crippen LogP contribution in [-0.2, 0) is 4.74 Å². The predicted octanol–water partition coefficient (Wildman–Crippen LogP) is 4.02. The lowest BCUT2D eigenvalue weighted by Crippen LogP contribution is -2.10. The summed E-state index contributed by atoms with van der Waals surface area (Å²) in [4.78, 5) is 15.7. The Morgan fingerprint density at radius 2 is 1.90 bits per heavy atom. The van der Waals surface area contributed by atoms with Gasteiger partial charge in [-0.25, -0.2) is 14.2 Å². The standard InChI is InChI=1S/C14H11Cl2FN2O2/c1-18-12-9(16)13(14(20)21-2)19-11(10(12)17)7-3-5-8(15)6-4-7/h3-6H,1-2H3,(H,18,19). The van der Waals surface area contributed by atoms with Gasteiger partial charge < -0.3 is 10.1 Å². The van der Waals surface area contributed by atoms with E-state index in [2.05, 4.69) is 15.0 Å². The number of hydrogen-bond donors (Lipinski definition) is 1. The number of hydrogen-bond acceptors (Lipinski definition) is 4. The molecule has 0 aliphatic heterocycles. The molecule has 2 rings (SSSR count). The molecule has 0 aliphatic carbocycles. The van der Waals surface area contributed by atoms with Crippen LogP contribution in [0.4, 0.5) is 10.1 Å². The largest absolute Gasteiger partial charge is 0.464 e. The number of pyridine rings is 1. The van der Waals surface area contributed by atoms with Crippen molar-refractivity contribution in [2.24, 2.45) is 0 Å². The van der Waals surface area contributed by atoms with Crippen LogP contribution in [0.5, 0.6) is 0 Å². The second-order valence-electron chi connectivity index (χ2n) is 4.06. The number of nitrogens with zero attached hydrogens (tertiary/aromatic N) is 1. The zero-order chi connectivity index (χ0) is 15.6. The van der Waals surface area contributed by atoms with Crippen LogP contribution in [0.25, 0.3) is 11.3 Å². The number of ether oxygens (including phenoxy) is 1. The number of esters is 1. The van der Waals surface area contributed by atoms with E-state index in [1.54, 1.807) is 24.3 Å². The van der Waals surface area contributed by atoms with Crippen LogP contribution in [0.3, 0.4) is 0 Å². The molecule has 1 heterocycles. The van der Waals surface area contributed by atoms with Crippen LogP contribution >= 0.6 is 23.2 Å². The Kier molecular flexibility index (Phi) is 4.65. The Bertz CT molecular complexity index is 690. The minimum atomic E-state index is -0.744. The SMILES string of the molecule is CNc1c(F)c(-c2ccc(Cl)cc2)nc(C(=O)OC)c1Cl. The van der Waals surface area contributed by atoms with E-state index >= 15 is 0 Å². The molecule has 110 valence electrons. The Labute approximate surface area is 130 Å². The lowest BCUT2D eigenvalue weighted by Gasteiger charge is -2.12. The molecule has 1 aromatic carbocycles. The van der Waals surface area contributed by atoms with Gasteiger partial charge >= 0.3 is 5.97 Å². The number of nitrogens with one attached hydrogen (secondary N) is 1. The van der Waals surface area contributed by atoms with Crippen molar-refractivity contribution >= 4 is 34.9 Å². The zero-order valence-corrected chi connectivity index (χ0v) is 12.7. The van der Waals surface area contributed by atoms with Crippen molar-refractivity contribution in [1.29, 1.82) is 0 Å². The Balaban J connectivity index is 2.71. The van der Waals surface area contributed by atoms with E-state index in [1.807, 2.05) is 0 Å². The van der Waals surface area contributed by atoms with Gasteiger partial charge in [-0.2, -0.15) is 0 Å². The normalized spacial score (nSPS) is 10.3. The van der Waals surface area contributed by atoms with Crippen molar-refractivity contribution in [3.8, 4) is 11.3 Å². The monoisotopic (exact) mass is 328 g/mol. The molecule has 7 heteroatoms. The molecule has 0 fully saturated rings. The van der Waals surface area contributed by atoms with Crippen LogP contribution in [-0.4, -0.2) is 25.1 Å². The average Bonchev–Trinajstić information content (AvgIpc) is 2.48. The van der Waals surface area contributed by atoms with Crippen LogP contribution < -0.4 is 5.32 Å². The summed E-state index contributed by atoms with van der Waals surface area (Å²) in [6.45, 7) is 0. The fraction of sp³-hybridized carbons (Fsp3) is 0.143. The van der Waals surface area contributed by atoms with Crippen LogP contribution in [0.15, 0.2) is 24.3 Å². The molecule has 2 aromatic rings. The van der Waals surface area contributed by atoms with E-state index < -0.39 is 11.8 Å². The minimum absolute atomic E-state index is 0.0131. The molecule has 0 saturated carbocycles. The number of halogens is 3. The average molecular weight is 329 g/mol. The molecule has 0 unspecified atom stereocenters. The summed E-state index contributed by atoms with van der Waals surface area (Å²) in [5.74, 6) is -1.40. The van der Waals surface area contributed by atoms with E-state index in [4.69, 9.17) is 23.2 Å². The smallest absolute Gasteiger partial charge is 0.358 e. The summed E-state index contributed by atoms with van der Waals surface area (Å²) in [5.41, 5.74) is 0.280. The second kappa shape index (κ2) is 6.28. The Morgan fingerprint density at radius 3 is 2.43 bits per heavy atom. The fourth-order valence-corrected chi connectivity index (χ4v) is 2.22. The topological polar surface area (TPSA) is 51.2 Å². The number of benzene rings is 1. The van der Waals surface area contributed by atoms with Gasteiger partial charge in [-0.15, -0.1) is 0 Å². The van der Waals surface area contributed by atoms with Crippen LogP contribution in [0.2, 0.25) is 10.0 Å². The third kappa shape index (κ3) is 2.94. The molecular formula is C14H11Cl2FN2O2. The van der Waals surface area contributed by atoms with Gasteiger partial charge in [-0.1, -0.05) is 35.3 Å². The maximum Gasteiger partial charge on any atom is 0.358 e. The van der Waals surface area contributed by atoms with Gasteiger partial charge in [0.15, 0.2) is 11.5 Å². The maximum atomic E-state index is 14.5. The highest BCUT2D eigenvalue weighted by atomic mass is 35.5. The molecule has 0 atom stereocenters. The van der Waals surface area contributed by atoms with Crippen molar-refractivity contribution in [2.45, 2.75) is 0 Å². The van der Waals surface area contributed by atoms with Gasteiger partial charge in [0.05, 0.1) is 17.8 Å². The summed E-state index contributed by atoms with van der Waals surface area (Å²) < 4.78 is 19.1. The number of carbonyl (C=O) groups excluding carboxylic acids is 1. The molecule has 4 nitrogen and oxygen atoms in total. The van der Waals surface area contributed by atoms with E-state index in [-0.39, 0.29) is 22.1 Å². The van der Waals surface area contributed by atoms with Crippen LogP contribution in [0.1, 0.15) is 10.5 Å². The van der Waals surface area contributed by atoms with Crippen molar-refractivity contribution < 1.29 is 13.9 Å². The molecular weight excluding hydrogens is 318 g/mol. The van der Waals surface area contributed by atoms with Gasteiger partial charge in [0.2, 0.25) is 0 Å². The van der Waals surface area contributed by atoms with E-state index in [0.717, 1.165) is 0 Å².